The average molecular weight is 367 g/mol. The molecule has 138 valence electrons. The minimum absolute atomic E-state index is 0.230. The van der Waals surface area contributed by atoms with Crippen molar-refractivity contribution >= 4 is 0 Å². The third-order valence-electron chi connectivity index (χ3n) is 3.58. The van der Waals surface area contributed by atoms with Gasteiger partial charge in [0.25, 0.3) is 0 Å². The molecule has 0 aliphatic carbocycles. The van der Waals surface area contributed by atoms with Crippen LogP contribution in [0.5, 0.6) is 0 Å². The van der Waals surface area contributed by atoms with Gasteiger partial charge in [0, 0.05) is 12.0 Å². The molecule has 0 aliphatic rings. The lowest BCUT2D eigenvalue weighted by Gasteiger charge is -2.10. The Balaban J connectivity index is 1.63. The summed E-state index contributed by atoms with van der Waals surface area (Å²) < 4.78 is 48.1. The Labute approximate surface area is 146 Å². The van der Waals surface area contributed by atoms with Gasteiger partial charge in [0.15, 0.2) is 5.82 Å². The van der Waals surface area contributed by atoms with E-state index in [0.717, 1.165) is 12.1 Å². The summed E-state index contributed by atoms with van der Waals surface area (Å²) in [6, 6.07) is 4.59. The van der Waals surface area contributed by atoms with Crippen molar-refractivity contribution in [2.45, 2.75) is 32.6 Å². The van der Waals surface area contributed by atoms with Crippen LogP contribution in [-0.2, 0) is 25.7 Å². The summed E-state index contributed by atoms with van der Waals surface area (Å²) >= 11 is 0. The summed E-state index contributed by atoms with van der Waals surface area (Å²) in [5.41, 5.74) is -0.282. The van der Waals surface area contributed by atoms with Crippen LogP contribution in [0.3, 0.4) is 0 Å². The fourth-order valence-electron chi connectivity index (χ4n) is 2.26. The van der Waals surface area contributed by atoms with Crippen LogP contribution in [0.1, 0.15) is 30.1 Å². The first-order valence-corrected chi connectivity index (χ1v) is 7.85. The van der Waals surface area contributed by atoms with E-state index in [-0.39, 0.29) is 5.82 Å². The Hall–Kier alpha value is -2.75. The summed E-state index contributed by atoms with van der Waals surface area (Å²) in [6.07, 6.45) is -3.69. The van der Waals surface area contributed by atoms with Crippen LogP contribution in [-0.4, -0.2) is 32.2 Å². The number of hydrogen-bond donors (Lipinski definition) is 0. The molecule has 3 aromatic rings. The lowest BCUT2D eigenvalue weighted by Crippen LogP contribution is -2.17. The van der Waals surface area contributed by atoms with Crippen LogP contribution in [0.4, 0.5) is 13.2 Å². The van der Waals surface area contributed by atoms with Crippen molar-refractivity contribution in [1.29, 1.82) is 0 Å². The zero-order valence-corrected chi connectivity index (χ0v) is 14.1. The summed E-state index contributed by atoms with van der Waals surface area (Å²) in [4.78, 5) is 10.3. The Morgan fingerprint density at radius 3 is 2.15 bits per heavy atom. The maximum Gasteiger partial charge on any atom is 0.416 e. The van der Waals surface area contributed by atoms with Gasteiger partial charge in [0.1, 0.15) is 0 Å². The van der Waals surface area contributed by atoms with Gasteiger partial charge >= 0.3 is 6.18 Å². The zero-order chi connectivity index (χ0) is 18.7. The van der Waals surface area contributed by atoms with Crippen LogP contribution < -0.4 is 0 Å². The molecule has 0 N–H and O–H groups in total. The normalized spacial score (nSPS) is 12.1. The monoisotopic (exact) mass is 367 g/mol. The van der Waals surface area contributed by atoms with Crippen LogP contribution >= 0.6 is 0 Å². The summed E-state index contributed by atoms with van der Waals surface area (Å²) in [5, 5.41) is 7.63. The van der Waals surface area contributed by atoms with Crippen molar-refractivity contribution in [3.05, 3.63) is 47.4 Å². The molecule has 2 aromatic heterocycles. The highest BCUT2D eigenvalue weighted by atomic mass is 19.4. The van der Waals surface area contributed by atoms with Crippen molar-refractivity contribution in [1.82, 2.24) is 25.2 Å². The molecule has 26 heavy (non-hydrogen) atoms. The minimum Gasteiger partial charge on any atom is -0.338 e. The molecule has 0 radical (unpaired) electrons. The van der Waals surface area contributed by atoms with E-state index < -0.39 is 11.7 Å². The van der Waals surface area contributed by atoms with Crippen molar-refractivity contribution in [3.8, 4) is 11.4 Å². The number of alkyl halides is 3. The molecule has 2 heterocycles. The molecule has 0 aliphatic heterocycles. The van der Waals surface area contributed by atoms with Crippen molar-refractivity contribution in [3.63, 3.8) is 0 Å². The number of halogens is 3. The van der Waals surface area contributed by atoms with Crippen LogP contribution in [0.2, 0.25) is 0 Å². The van der Waals surface area contributed by atoms with E-state index in [4.69, 9.17) is 9.05 Å². The largest absolute Gasteiger partial charge is 0.416 e. The molecular weight excluding hydrogens is 351 g/mol. The first kappa shape index (κ1) is 18.1. The Bertz CT molecular complexity index is 857. The number of nitrogens with zero attached hydrogens (tertiary/aromatic N) is 5. The van der Waals surface area contributed by atoms with Crippen molar-refractivity contribution in [2.24, 2.45) is 0 Å². The van der Waals surface area contributed by atoms with E-state index in [9.17, 15) is 13.2 Å². The second kappa shape index (κ2) is 7.24. The van der Waals surface area contributed by atoms with E-state index in [1.54, 1.807) is 0 Å². The highest BCUT2D eigenvalue weighted by molar-refractivity contribution is 5.54. The van der Waals surface area contributed by atoms with Crippen molar-refractivity contribution in [2.75, 3.05) is 7.05 Å². The van der Waals surface area contributed by atoms with E-state index >= 15 is 0 Å². The summed E-state index contributed by atoms with van der Waals surface area (Å²) in [7, 11) is 1.82. The molecule has 0 atom stereocenters. The fraction of sp³-hybridized carbons (Fsp3) is 0.375. The maximum absolute atomic E-state index is 12.6. The lowest BCUT2D eigenvalue weighted by atomic mass is 10.1. The maximum atomic E-state index is 12.6. The van der Waals surface area contributed by atoms with Gasteiger partial charge < -0.3 is 9.05 Å². The van der Waals surface area contributed by atoms with E-state index in [2.05, 4.69) is 20.3 Å². The van der Waals surface area contributed by atoms with E-state index in [0.29, 0.717) is 42.7 Å². The van der Waals surface area contributed by atoms with Gasteiger partial charge in [-0.15, -0.1) is 0 Å². The molecule has 0 saturated carbocycles. The van der Waals surface area contributed by atoms with Gasteiger partial charge in [-0.05, 0) is 19.2 Å². The van der Waals surface area contributed by atoms with Gasteiger partial charge in [-0.1, -0.05) is 29.4 Å². The number of benzene rings is 1. The molecule has 7 nitrogen and oxygen atoms in total. The third-order valence-corrected chi connectivity index (χ3v) is 3.58. The minimum atomic E-state index is -4.38. The highest BCUT2D eigenvalue weighted by Gasteiger charge is 2.30. The SMILES string of the molecule is CCc1noc(CN(C)Cc2nc(-c3ccc(C(F)(F)F)cc3)no2)n1. The van der Waals surface area contributed by atoms with Crippen LogP contribution in [0, 0.1) is 0 Å². The number of rotatable bonds is 6. The second-order valence-electron chi connectivity index (χ2n) is 5.72. The number of hydrogen-bond acceptors (Lipinski definition) is 7. The molecule has 10 heteroatoms. The number of aromatic nitrogens is 4. The third kappa shape index (κ3) is 4.26. The zero-order valence-electron chi connectivity index (χ0n) is 14.1. The highest BCUT2D eigenvalue weighted by Crippen LogP contribution is 2.30. The standard InChI is InChI=1S/C16H16F3N5O2/c1-3-12-20-13(25-22-12)8-24(2)9-14-21-15(23-26-14)10-4-6-11(7-5-10)16(17,18)19/h4-7H,3,8-9H2,1-2H3. The van der Waals surface area contributed by atoms with E-state index in [1.807, 2.05) is 18.9 Å². The molecule has 0 fully saturated rings. The van der Waals surface area contributed by atoms with Gasteiger partial charge in [-0.3, -0.25) is 4.90 Å². The van der Waals surface area contributed by atoms with Crippen LogP contribution in [0.25, 0.3) is 11.4 Å². The van der Waals surface area contributed by atoms with Crippen LogP contribution in [0.15, 0.2) is 33.3 Å². The summed E-state index contributed by atoms with van der Waals surface area (Å²) in [6.45, 7) is 2.67. The van der Waals surface area contributed by atoms with Gasteiger partial charge in [-0.2, -0.15) is 23.1 Å². The lowest BCUT2D eigenvalue weighted by molar-refractivity contribution is -0.137. The Kier molecular flexibility index (Phi) is 5.03. The smallest absolute Gasteiger partial charge is 0.338 e. The Morgan fingerprint density at radius 1 is 0.962 bits per heavy atom. The molecule has 3 rings (SSSR count). The first-order chi connectivity index (χ1) is 12.3. The van der Waals surface area contributed by atoms with Gasteiger partial charge in [0.05, 0.1) is 18.7 Å². The molecular formula is C16H16F3N5O2. The van der Waals surface area contributed by atoms with E-state index in [1.165, 1.54) is 12.1 Å². The molecule has 0 unspecified atom stereocenters. The second-order valence-corrected chi connectivity index (χ2v) is 5.72. The van der Waals surface area contributed by atoms with Crippen molar-refractivity contribution < 1.29 is 22.2 Å². The molecule has 0 amide bonds. The Morgan fingerprint density at radius 2 is 1.58 bits per heavy atom. The predicted molar refractivity (Wildman–Crippen MR) is 83.6 cm³/mol. The fourth-order valence-corrected chi connectivity index (χ4v) is 2.26. The molecule has 0 saturated heterocycles. The van der Waals surface area contributed by atoms with Gasteiger partial charge in [0.2, 0.25) is 17.6 Å². The predicted octanol–water partition coefficient (Wildman–Crippen LogP) is 3.33. The molecule has 0 spiro atoms. The number of aryl methyl sites for hydroxylation is 1. The molecule has 0 bridgehead atoms. The van der Waals surface area contributed by atoms with Gasteiger partial charge in [-0.25, -0.2) is 0 Å². The quantitative estimate of drug-likeness (QED) is 0.661. The molecule has 1 aromatic carbocycles. The first-order valence-electron chi connectivity index (χ1n) is 7.85. The average Bonchev–Trinajstić information content (AvgIpc) is 3.23. The summed E-state index contributed by atoms with van der Waals surface area (Å²) in [5.74, 6) is 1.67. The topological polar surface area (TPSA) is 81.1 Å².